The van der Waals surface area contributed by atoms with Gasteiger partial charge in [-0.3, -0.25) is 10.1 Å². The van der Waals surface area contributed by atoms with Gasteiger partial charge in [-0.25, -0.2) is 0 Å². The van der Waals surface area contributed by atoms with E-state index >= 15 is 0 Å². The highest BCUT2D eigenvalue weighted by atomic mass is 16.6. The monoisotopic (exact) mass is 191 g/mol. The SMILES string of the molecule is C=C[C@@H](C[N+](=O)[O-])c1ccc(C)cc1. The summed E-state index contributed by atoms with van der Waals surface area (Å²) in [7, 11) is 0. The predicted octanol–water partition coefficient (Wildman–Crippen LogP) is 2.54. The lowest BCUT2D eigenvalue weighted by atomic mass is 9.98. The second-order valence-electron chi connectivity index (χ2n) is 3.27. The van der Waals surface area contributed by atoms with Gasteiger partial charge < -0.3 is 0 Å². The van der Waals surface area contributed by atoms with Gasteiger partial charge in [-0.1, -0.05) is 35.9 Å². The molecule has 1 aromatic rings. The lowest BCUT2D eigenvalue weighted by Crippen LogP contribution is -2.10. The zero-order valence-corrected chi connectivity index (χ0v) is 8.14. The van der Waals surface area contributed by atoms with Crippen molar-refractivity contribution in [2.75, 3.05) is 6.54 Å². The smallest absolute Gasteiger partial charge is 0.214 e. The average molecular weight is 191 g/mol. The van der Waals surface area contributed by atoms with E-state index in [4.69, 9.17) is 0 Å². The summed E-state index contributed by atoms with van der Waals surface area (Å²) in [6.45, 7) is 5.50. The maximum Gasteiger partial charge on any atom is 0.214 e. The molecule has 3 heteroatoms. The Morgan fingerprint density at radius 2 is 2.07 bits per heavy atom. The first kappa shape index (κ1) is 10.4. The van der Waals surface area contributed by atoms with Crippen LogP contribution < -0.4 is 0 Å². The zero-order valence-electron chi connectivity index (χ0n) is 8.14. The molecule has 0 saturated carbocycles. The Hall–Kier alpha value is -1.64. The van der Waals surface area contributed by atoms with Crippen molar-refractivity contribution in [1.82, 2.24) is 0 Å². The number of hydrogen-bond acceptors (Lipinski definition) is 2. The highest BCUT2D eigenvalue weighted by Crippen LogP contribution is 2.17. The predicted molar refractivity (Wildman–Crippen MR) is 56.0 cm³/mol. The number of aryl methyl sites for hydroxylation is 1. The minimum atomic E-state index is -0.313. The first-order valence-electron chi connectivity index (χ1n) is 4.44. The fraction of sp³-hybridized carbons (Fsp3) is 0.273. The van der Waals surface area contributed by atoms with Gasteiger partial charge in [0, 0.05) is 4.92 Å². The molecule has 0 aliphatic carbocycles. The van der Waals surface area contributed by atoms with E-state index in [9.17, 15) is 10.1 Å². The summed E-state index contributed by atoms with van der Waals surface area (Å²) >= 11 is 0. The van der Waals surface area contributed by atoms with Crippen molar-refractivity contribution in [3.05, 3.63) is 58.2 Å². The quantitative estimate of drug-likeness (QED) is 0.417. The van der Waals surface area contributed by atoms with Gasteiger partial charge in [-0.05, 0) is 12.5 Å². The first-order valence-corrected chi connectivity index (χ1v) is 4.44. The van der Waals surface area contributed by atoms with Gasteiger partial charge in [0.15, 0.2) is 0 Å². The van der Waals surface area contributed by atoms with Gasteiger partial charge in [-0.15, -0.1) is 6.58 Å². The Balaban J connectivity index is 2.84. The second kappa shape index (κ2) is 4.56. The first-order chi connectivity index (χ1) is 6.63. The zero-order chi connectivity index (χ0) is 10.6. The molecule has 0 aromatic heterocycles. The van der Waals surface area contributed by atoms with Crippen LogP contribution in [0.1, 0.15) is 17.0 Å². The van der Waals surface area contributed by atoms with E-state index in [2.05, 4.69) is 6.58 Å². The Kier molecular flexibility index (Phi) is 3.40. The Morgan fingerprint density at radius 3 is 2.50 bits per heavy atom. The molecule has 0 aliphatic rings. The molecule has 0 amide bonds. The third-order valence-corrected chi connectivity index (χ3v) is 2.14. The van der Waals surface area contributed by atoms with Gasteiger partial charge in [-0.2, -0.15) is 0 Å². The topological polar surface area (TPSA) is 43.1 Å². The maximum atomic E-state index is 10.4. The highest BCUT2D eigenvalue weighted by Gasteiger charge is 2.13. The molecule has 14 heavy (non-hydrogen) atoms. The number of hydrogen-bond donors (Lipinski definition) is 0. The van der Waals surface area contributed by atoms with Crippen LogP contribution in [0, 0.1) is 17.0 Å². The summed E-state index contributed by atoms with van der Waals surface area (Å²) in [5, 5.41) is 10.4. The van der Waals surface area contributed by atoms with Crippen LogP contribution in [0.25, 0.3) is 0 Å². The second-order valence-corrected chi connectivity index (χ2v) is 3.27. The molecule has 1 atom stereocenters. The Labute approximate surface area is 83.2 Å². The summed E-state index contributed by atoms with van der Waals surface area (Å²) < 4.78 is 0. The Morgan fingerprint density at radius 1 is 1.50 bits per heavy atom. The van der Waals surface area contributed by atoms with Crippen LogP contribution >= 0.6 is 0 Å². The van der Waals surface area contributed by atoms with E-state index in [1.807, 2.05) is 31.2 Å². The molecule has 1 rings (SSSR count). The van der Waals surface area contributed by atoms with Crippen molar-refractivity contribution < 1.29 is 4.92 Å². The normalized spacial score (nSPS) is 12.1. The van der Waals surface area contributed by atoms with Gasteiger partial charge in [0.1, 0.15) is 0 Å². The van der Waals surface area contributed by atoms with Crippen LogP contribution in [-0.2, 0) is 0 Å². The Bertz CT molecular complexity index is 330. The van der Waals surface area contributed by atoms with Gasteiger partial charge >= 0.3 is 0 Å². The largest absolute Gasteiger partial charge is 0.265 e. The molecule has 0 radical (unpaired) electrons. The van der Waals surface area contributed by atoms with Gasteiger partial charge in [0.25, 0.3) is 0 Å². The van der Waals surface area contributed by atoms with E-state index < -0.39 is 0 Å². The molecule has 0 N–H and O–H groups in total. The summed E-state index contributed by atoms with van der Waals surface area (Å²) in [6.07, 6.45) is 1.62. The van der Waals surface area contributed by atoms with Gasteiger partial charge in [0.05, 0.1) is 5.92 Å². The molecule has 0 bridgehead atoms. The van der Waals surface area contributed by atoms with Crippen molar-refractivity contribution >= 4 is 0 Å². The number of nitro groups is 1. The third kappa shape index (κ3) is 2.69. The van der Waals surface area contributed by atoms with Crippen molar-refractivity contribution in [1.29, 1.82) is 0 Å². The molecule has 0 spiro atoms. The summed E-state index contributed by atoms with van der Waals surface area (Å²) in [5.41, 5.74) is 2.10. The van der Waals surface area contributed by atoms with Crippen LogP contribution in [0.5, 0.6) is 0 Å². The van der Waals surface area contributed by atoms with Crippen LogP contribution in [-0.4, -0.2) is 11.5 Å². The average Bonchev–Trinajstić information content (AvgIpc) is 2.15. The third-order valence-electron chi connectivity index (χ3n) is 2.14. The molecule has 1 aromatic carbocycles. The fourth-order valence-electron chi connectivity index (χ4n) is 1.29. The van der Waals surface area contributed by atoms with Crippen molar-refractivity contribution in [3.63, 3.8) is 0 Å². The van der Waals surface area contributed by atoms with E-state index in [0.29, 0.717) is 0 Å². The number of benzene rings is 1. The van der Waals surface area contributed by atoms with E-state index in [1.54, 1.807) is 6.08 Å². The molecule has 3 nitrogen and oxygen atoms in total. The summed E-state index contributed by atoms with van der Waals surface area (Å²) in [5.74, 6) is -0.189. The van der Waals surface area contributed by atoms with E-state index in [0.717, 1.165) is 11.1 Å². The standard InChI is InChI=1S/C11H13NO2/c1-3-10(8-12(13)14)11-6-4-9(2)5-7-11/h3-7,10H,1,8H2,2H3/t10-/m0/s1. The number of rotatable bonds is 4. The summed E-state index contributed by atoms with van der Waals surface area (Å²) in [6, 6.07) is 7.72. The molecule has 74 valence electrons. The van der Waals surface area contributed by atoms with Gasteiger partial charge in [0.2, 0.25) is 6.54 Å². The van der Waals surface area contributed by atoms with Crippen LogP contribution in [0.15, 0.2) is 36.9 Å². The molecular weight excluding hydrogens is 178 g/mol. The van der Waals surface area contributed by atoms with Crippen molar-refractivity contribution in [2.24, 2.45) is 0 Å². The number of nitrogens with zero attached hydrogens (tertiary/aromatic N) is 1. The summed E-state index contributed by atoms with van der Waals surface area (Å²) in [4.78, 5) is 10.1. The minimum Gasteiger partial charge on any atom is -0.265 e. The van der Waals surface area contributed by atoms with E-state index in [-0.39, 0.29) is 17.4 Å². The van der Waals surface area contributed by atoms with Crippen LogP contribution in [0.3, 0.4) is 0 Å². The highest BCUT2D eigenvalue weighted by molar-refractivity contribution is 5.27. The molecule has 0 aliphatic heterocycles. The molecule has 0 fully saturated rings. The lowest BCUT2D eigenvalue weighted by molar-refractivity contribution is -0.481. The minimum absolute atomic E-state index is 0.0907. The van der Waals surface area contributed by atoms with Crippen molar-refractivity contribution in [3.8, 4) is 0 Å². The molecule has 0 unspecified atom stereocenters. The van der Waals surface area contributed by atoms with Crippen LogP contribution in [0.4, 0.5) is 0 Å². The van der Waals surface area contributed by atoms with Crippen molar-refractivity contribution in [2.45, 2.75) is 12.8 Å². The fourth-order valence-corrected chi connectivity index (χ4v) is 1.29. The molecular formula is C11H13NO2. The van der Waals surface area contributed by atoms with Crippen LogP contribution in [0.2, 0.25) is 0 Å². The molecule has 0 heterocycles. The molecule has 0 saturated heterocycles. The maximum absolute atomic E-state index is 10.4. The lowest BCUT2D eigenvalue weighted by Gasteiger charge is -2.07. The van der Waals surface area contributed by atoms with E-state index in [1.165, 1.54) is 0 Å².